The Morgan fingerprint density at radius 1 is 1.24 bits per heavy atom. The minimum atomic E-state index is -0.593. The number of halogens is 1. The first kappa shape index (κ1) is 16.8. The number of nitrogens with zero attached hydrogens (tertiary/aromatic N) is 1. The molecule has 0 aliphatic rings. The van der Waals surface area contributed by atoms with Crippen molar-refractivity contribution in [2.75, 3.05) is 0 Å². The van der Waals surface area contributed by atoms with E-state index in [1.165, 1.54) is 18.2 Å². The average Bonchev–Trinajstić information content (AvgIpc) is 2.61. The Bertz CT molecular complexity index is 980. The van der Waals surface area contributed by atoms with Gasteiger partial charge in [-0.15, -0.1) is 0 Å². The number of fused-ring (bicyclic) bond motifs is 1. The normalized spacial score (nSPS) is 12.1. The van der Waals surface area contributed by atoms with Crippen molar-refractivity contribution in [3.8, 4) is 0 Å². The van der Waals surface area contributed by atoms with Crippen molar-refractivity contribution in [1.29, 1.82) is 0 Å². The molecule has 0 aliphatic heterocycles. The number of amides is 1. The Morgan fingerprint density at radius 2 is 1.96 bits per heavy atom. The summed E-state index contributed by atoms with van der Waals surface area (Å²) in [5.74, 6) is -1.17. The van der Waals surface area contributed by atoms with E-state index >= 15 is 0 Å². The highest BCUT2D eigenvalue weighted by Crippen LogP contribution is 2.18. The molecule has 2 aromatic carbocycles. The monoisotopic (exact) mass is 339 g/mol. The Labute approximate surface area is 143 Å². The third-order valence-electron chi connectivity index (χ3n) is 4.16. The van der Waals surface area contributed by atoms with Crippen LogP contribution in [0.5, 0.6) is 0 Å². The van der Waals surface area contributed by atoms with Gasteiger partial charge in [0, 0.05) is 0 Å². The molecule has 1 unspecified atom stereocenters. The molecule has 0 radical (unpaired) electrons. The van der Waals surface area contributed by atoms with Gasteiger partial charge in [-0.2, -0.15) is 5.10 Å². The number of para-hydroxylation sites is 1. The minimum Gasteiger partial charge on any atom is -0.344 e. The lowest BCUT2D eigenvalue weighted by Crippen LogP contribution is -2.33. The summed E-state index contributed by atoms with van der Waals surface area (Å²) < 4.78 is 13.7. The van der Waals surface area contributed by atoms with Crippen LogP contribution in [0, 0.1) is 12.7 Å². The summed E-state index contributed by atoms with van der Waals surface area (Å²) in [5.41, 5.74) is 1.20. The van der Waals surface area contributed by atoms with Gasteiger partial charge in [0.1, 0.15) is 11.3 Å². The average molecular weight is 339 g/mol. The number of H-pyrrole nitrogens is 1. The van der Waals surface area contributed by atoms with E-state index in [2.05, 4.69) is 15.5 Å². The van der Waals surface area contributed by atoms with Crippen LogP contribution in [-0.2, 0) is 0 Å². The van der Waals surface area contributed by atoms with Gasteiger partial charge in [-0.1, -0.05) is 42.8 Å². The first-order valence-corrected chi connectivity index (χ1v) is 8.05. The molecule has 1 aromatic heterocycles. The first-order valence-electron chi connectivity index (χ1n) is 8.05. The Morgan fingerprint density at radius 3 is 2.64 bits per heavy atom. The van der Waals surface area contributed by atoms with Crippen LogP contribution in [0.3, 0.4) is 0 Å². The standard InChI is InChI=1S/C19H18FN3O2/c1-3-15(12-9-7-11(2)8-10-12)21-19(25)17-18(24)13-5-4-6-14(20)16(13)22-23-17/h4-10,15H,3H2,1-2H3,(H,21,25)(H,22,24). The predicted octanol–water partition coefficient (Wildman–Crippen LogP) is 3.25. The zero-order chi connectivity index (χ0) is 18.0. The maximum Gasteiger partial charge on any atom is 0.276 e. The fourth-order valence-electron chi connectivity index (χ4n) is 2.72. The van der Waals surface area contributed by atoms with Crippen molar-refractivity contribution in [1.82, 2.24) is 15.5 Å². The van der Waals surface area contributed by atoms with E-state index in [4.69, 9.17) is 0 Å². The molecule has 0 fully saturated rings. The van der Waals surface area contributed by atoms with Gasteiger partial charge >= 0.3 is 0 Å². The molecule has 128 valence electrons. The number of carbonyl (C=O) groups excluding carboxylic acids is 1. The van der Waals surface area contributed by atoms with Crippen LogP contribution in [0.2, 0.25) is 0 Å². The highest BCUT2D eigenvalue weighted by atomic mass is 19.1. The van der Waals surface area contributed by atoms with E-state index in [9.17, 15) is 14.0 Å². The number of benzene rings is 2. The summed E-state index contributed by atoms with van der Waals surface area (Å²) in [7, 11) is 0. The molecule has 1 amide bonds. The lowest BCUT2D eigenvalue weighted by molar-refractivity contribution is 0.0928. The van der Waals surface area contributed by atoms with Gasteiger partial charge in [0.2, 0.25) is 5.43 Å². The maximum atomic E-state index is 13.7. The highest BCUT2D eigenvalue weighted by molar-refractivity contribution is 5.95. The van der Waals surface area contributed by atoms with Crippen LogP contribution >= 0.6 is 0 Å². The van der Waals surface area contributed by atoms with E-state index in [1.807, 2.05) is 38.1 Å². The van der Waals surface area contributed by atoms with Crippen LogP contribution in [0.15, 0.2) is 47.3 Å². The van der Waals surface area contributed by atoms with Crippen molar-refractivity contribution in [2.24, 2.45) is 0 Å². The van der Waals surface area contributed by atoms with E-state index in [-0.39, 0.29) is 22.6 Å². The molecule has 0 saturated carbocycles. The fourth-order valence-corrected chi connectivity index (χ4v) is 2.72. The van der Waals surface area contributed by atoms with Gasteiger partial charge in [-0.05, 0) is 31.0 Å². The molecule has 3 rings (SSSR count). The van der Waals surface area contributed by atoms with E-state index in [0.717, 1.165) is 11.1 Å². The van der Waals surface area contributed by atoms with Gasteiger partial charge in [0.15, 0.2) is 5.69 Å². The summed E-state index contributed by atoms with van der Waals surface area (Å²) in [5, 5.41) is 9.16. The molecule has 6 heteroatoms. The van der Waals surface area contributed by atoms with Crippen molar-refractivity contribution in [2.45, 2.75) is 26.3 Å². The van der Waals surface area contributed by atoms with E-state index in [1.54, 1.807) is 0 Å². The van der Waals surface area contributed by atoms with Gasteiger partial charge in [0.25, 0.3) is 5.91 Å². The number of rotatable bonds is 4. The molecule has 1 atom stereocenters. The number of aromatic nitrogens is 2. The van der Waals surface area contributed by atoms with Crippen molar-refractivity contribution in [3.63, 3.8) is 0 Å². The van der Waals surface area contributed by atoms with Gasteiger partial charge in [0.05, 0.1) is 11.4 Å². The van der Waals surface area contributed by atoms with Crippen LogP contribution < -0.4 is 10.7 Å². The summed E-state index contributed by atoms with van der Waals surface area (Å²) in [4.78, 5) is 25.0. The number of aryl methyl sites for hydroxylation is 1. The molecule has 3 aromatic rings. The quantitative estimate of drug-likeness (QED) is 0.766. The highest BCUT2D eigenvalue weighted by Gasteiger charge is 2.19. The smallest absolute Gasteiger partial charge is 0.276 e. The topological polar surface area (TPSA) is 74.8 Å². The molecule has 0 bridgehead atoms. The third kappa shape index (κ3) is 3.28. The first-order chi connectivity index (χ1) is 12.0. The van der Waals surface area contributed by atoms with Crippen LogP contribution in [-0.4, -0.2) is 16.1 Å². The lowest BCUT2D eigenvalue weighted by atomic mass is 10.0. The molecular weight excluding hydrogens is 321 g/mol. The summed E-state index contributed by atoms with van der Waals surface area (Å²) in [6, 6.07) is 11.7. The molecule has 5 nitrogen and oxygen atoms in total. The van der Waals surface area contributed by atoms with E-state index < -0.39 is 17.2 Å². The fraction of sp³-hybridized carbons (Fsp3) is 0.211. The molecule has 0 saturated heterocycles. The van der Waals surface area contributed by atoms with Crippen LogP contribution in [0.4, 0.5) is 4.39 Å². The SMILES string of the molecule is CCC(NC(=O)c1n[nH]c2c(F)cccc2c1=O)c1ccc(C)cc1. The third-order valence-corrected chi connectivity index (χ3v) is 4.16. The Balaban J connectivity index is 1.92. The van der Waals surface area contributed by atoms with Gasteiger partial charge in [-0.25, -0.2) is 4.39 Å². The van der Waals surface area contributed by atoms with Crippen molar-refractivity contribution in [3.05, 3.63) is 75.3 Å². The van der Waals surface area contributed by atoms with Crippen LogP contribution in [0.1, 0.15) is 41.0 Å². The Hall–Kier alpha value is -3.02. The number of aromatic amines is 1. The largest absolute Gasteiger partial charge is 0.344 e. The summed E-state index contributed by atoms with van der Waals surface area (Å²) >= 11 is 0. The number of hydrogen-bond acceptors (Lipinski definition) is 3. The number of hydrogen-bond donors (Lipinski definition) is 2. The zero-order valence-electron chi connectivity index (χ0n) is 14.0. The second-order valence-corrected chi connectivity index (χ2v) is 5.91. The van der Waals surface area contributed by atoms with Gasteiger partial charge in [-0.3, -0.25) is 14.7 Å². The number of nitrogens with one attached hydrogen (secondary N) is 2. The number of carbonyl (C=O) groups is 1. The van der Waals surface area contributed by atoms with Gasteiger partial charge < -0.3 is 5.32 Å². The van der Waals surface area contributed by atoms with Crippen molar-refractivity contribution >= 4 is 16.8 Å². The maximum absolute atomic E-state index is 13.7. The minimum absolute atomic E-state index is 0.00498. The summed E-state index contributed by atoms with van der Waals surface area (Å²) in [6.07, 6.45) is 0.662. The van der Waals surface area contributed by atoms with Crippen molar-refractivity contribution < 1.29 is 9.18 Å². The second kappa shape index (κ2) is 6.84. The molecular formula is C19H18FN3O2. The predicted molar refractivity (Wildman–Crippen MR) is 94.0 cm³/mol. The van der Waals surface area contributed by atoms with Crippen LogP contribution in [0.25, 0.3) is 10.9 Å². The Kier molecular flexibility index (Phi) is 4.61. The summed E-state index contributed by atoms with van der Waals surface area (Å²) in [6.45, 7) is 3.93. The molecule has 2 N–H and O–H groups in total. The molecule has 0 aliphatic carbocycles. The lowest BCUT2D eigenvalue weighted by Gasteiger charge is -2.17. The molecule has 1 heterocycles. The molecule has 0 spiro atoms. The second-order valence-electron chi connectivity index (χ2n) is 5.91. The zero-order valence-corrected chi connectivity index (χ0v) is 14.0. The van der Waals surface area contributed by atoms with E-state index in [0.29, 0.717) is 6.42 Å². The molecule has 25 heavy (non-hydrogen) atoms.